The van der Waals surface area contributed by atoms with Crippen LogP contribution in [0.25, 0.3) is 16.7 Å². The molecule has 1 atom stereocenters. The maximum atomic E-state index is 13.2. The minimum Gasteiger partial charge on any atom is -0.490 e. The maximum absolute atomic E-state index is 13.2. The molecule has 2 aromatic carbocycles. The first-order chi connectivity index (χ1) is 18.6. The number of esters is 1. The maximum Gasteiger partial charge on any atom is 0.323 e. The number of nitrogens with one attached hydrogen (secondary N) is 1. The summed E-state index contributed by atoms with van der Waals surface area (Å²) in [4.78, 5) is 32.7. The fourth-order valence-corrected chi connectivity index (χ4v) is 4.56. The molecule has 0 fully saturated rings. The van der Waals surface area contributed by atoms with E-state index in [9.17, 15) is 9.59 Å². The molecule has 0 aliphatic heterocycles. The largest absolute Gasteiger partial charge is 0.490 e. The van der Waals surface area contributed by atoms with Gasteiger partial charge in [-0.3, -0.25) is 9.59 Å². The van der Waals surface area contributed by atoms with E-state index in [0.717, 1.165) is 5.56 Å². The second-order valence-electron chi connectivity index (χ2n) is 9.84. The molecule has 0 aliphatic carbocycles. The molecular formula is C28H31Cl2N5O4. The van der Waals surface area contributed by atoms with Crippen molar-refractivity contribution in [1.29, 1.82) is 0 Å². The van der Waals surface area contributed by atoms with Crippen LogP contribution < -0.4 is 16.0 Å². The van der Waals surface area contributed by atoms with Gasteiger partial charge < -0.3 is 20.2 Å². The van der Waals surface area contributed by atoms with Gasteiger partial charge in [-0.15, -0.1) is 0 Å². The second-order valence-corrected chi connectivity index (χ2v) is 10.7. The average molecular weight is 572 g/mol. The zero-order valence-electron chi connectivity index (χ0n) is 22.2. The van der Waals surface area contributed by atoms with Gasteiger partial charge in [-0.1, -0.05) is 69.1 Å². The molecule has 0 bridgehead atoms. The number of carbonyl (C=O) groups is 1. The van der Waals surface area contributed by atoms with Crippen LogP contribution in [0, 0.1) is 5.92 Å². The van der Waals surface area contributed by atoms with Gasteiger partial charge in [-0.25, -0.2) is 9.67 Å². The van der Waals surface area contributed by atoms with Crippen LogP contribution in [0.3, 0.4) is 0 Å². The number of aromatic amines is 1. The Labute approximate surface area is 236 Å². The number of ether oxygens (including phenoxy) is 2. The number of benzene rings is 2. The number of aromatic nitrogens is 4. The highest BCUT2D eigenvalue weighted by molar-refractivity contribution is 6.37. The van der Waals surface area contributed by atoms with E-state index in [0.29, 0.717) is 50.5 Å². The lowest BCUT2D eigenvalue weighted by Crippen LogP contribution is -2.37. The minimum absolute atomic E-state index is 0.00265. The zero-order valence-corrected chi connectivity index (χ0v) is 23.7. The number of rotatable bonds is 10. The van der Waals surface area contributed by atoms with Crippen molar-refractivity contribution in [1.82, 2.24) is 19.7 Å². The summed E-state index contributed by atoms with van der Waals surface area (Å²) in [6.07, 6.45) is 0.370. The summed E-state index contributed by atoms with van der Waals surface area (Å²) in [6.45, 7) is 7.95. The van der Waals surface area contributed by atoms with Crippen LogP contribution in [0.1, 0.15) is 50.7 Å². The molecule has 0 saturated heterocycles. The SMILES string of the molecule is CC(C)c1nn(-c2c(Cl)cccc2Cl)c2nc(Cc3ccc(OCCOC(=O)[C@@H](N)C(C)C)cc3)[nH]c(=O)c12. The lowest BCUT2D eigenvalue weighted by atomic mass is 10.1. The molecule has 11 heteroatoms. The average Bonchev–Trinajstić information content (AvgIpc) is 3.27. The van der Waals surface area contributed by atoms with E-state index >= 15 is 0 Å². The number of halogens is 2. The summed E-state index contributed by atoms with van der Waals surface area (Å²) in [5.74, 6) is 0.623. The van der Waals surface area contributed by atoms with Crippen LogP contribution in [0.5, 0.6) is 5.75 Å². The lowest BCUT2D eigenvalue weighted by molar-refractivity contribution is -0.147. The van der Waals surface area contributed by atoms with Crippen molar-refractivity contribution in [3.8, 4) is 11.4 Å². The van der Waals surface area contributed by atoms with Crippen molar-refractivity contribution >= 4 is 40.2 Å². The first-order valence-corrected chi connectivity index (χ1v) is 13.4. The summed E-state index contributed by atoms with van der Waals surface area (Å²) < 4.78 is 12.4. The number of carbonyl (C=O) groups excluding carboxylic acids is 1. The Morgan fingerprint density at radius 2 is 1.72 bits per heavy atom. The van der Waals surface area contributed by atoms with E-state index in [1.807, 2.05) is 39.8 Å². The Bertz CT molecular complexity index is 1510. The minimum atomic E-state index is -0.652. The van der Waals surface area contributed by atoms with Gasteiger partial charge in [0.15, 0.2) is 5.65 Å². The first-order valence-electron chi connectivity index (χ1n) is 12.7. The topological polar surface area (TPSA) is 125 Å². The van der Waals surface area contributed by atoms with Crippen molar-refractivity contribution in [2.75, 3.05) is 13.2 Å². The molecule has 206 valence electrons. The number of fused-ring (bicyclic) bond motifs is 1. The zero-order chi connectivity index (χ0) is 28.3. The number of hydrogen-bond donors (Lipinski definition) is 2. The molecule has 9 nitrogen and oxygen atoms in total. The quantitative estimate of drug-likeness (QED) is 0.202. The van der Waals surface area contributed by atoms with E-state index in [1.165, 1.54) is 0 Å². The van der Waals surface area contributed by atoms with Gasteiger partial charge in [0, 0.05) is 6.42 Å². The molecule has 0 unspecified atom stereocenters. The van der Waals surface area contributed by atoms with Crippen LogP contribution in [-0.2, 0) is 16.0 Å². The van der Waals surface area contributed by atoms with Gasteiger partial charge in [-0.2, -0.15) is 5.10 Å². The third-order valence-corrected chi connectivity index (χ3v) is 6.80. The predicted molar refractivity (Wildman–Crippen MR) is 152 cm³/mol. The smallest absolute Gasteiger partial charge is 0.323 e. The standard InChI is InChI=1S/C28H31Cl2N5O4/c1-15(2)23(31)28(37)39-13-12-38-18-10-8-17(9-11-18)14-21-32-26-22(27(36)33-21)24(16(3)4)34-35(26)25-19(29)6-5-7-20(25)30/h5-11,15-16,23H,12-14,31H2,1-4H3,(H,32,33,36)/t23-/m0/s1. The molecule has 2 aromatic heterocycles. The Morgan fingerprint density at radius 1 is 1.05 bits per heavy atom. The number of nitrogens with zero attached hydrogens (tertiary/aromatic N) is 3. The van der Waals surface area contributed by atoms with E-state index in [-0.39, 0.29) is 30.6 Å². The molecule has 0 amide bonds. The van der Waals surface area contributed by atoms with Gasteiger partial charge in [0.1, 0.15) is 41.9 Å². The molecule has 0 saturated carbocycles. The van der Waals surface area contributed by atoms with E-state index in [1.54, 1.807) is 35.0 Å². The van der Waals surface area contributed by atoms with Crippen molar-refractivity contribution < 1.29 is 14.3 Å². The first kappa shape index (κ1) is 28.6. The molecule has 0 spiro atoms. The van der Waals surface area contributed by atoms with Crippen molar-refractivity contribution in [2.45, 2.75) is 46.1 Å². The molecule has 0 aliphatic rings. The molecule has 4 aromatic rings. The summed E-state index contributed by atoms with van der Waals surface area (Å²) in [7, 11) is 0. The summed E-state index contributed by atoms with van der Waals surface area (Å²) >= 11 is 12.9. The van der Waals surface area contributed by atoms with Crippen LogP contribution in [0.2, 0.25) is 10.0 Å². The Morgan fingerprint density at radius 3 is 2.33 bits per heavy atom. The van der Waals surface area contributed by atoms with E-state index in [2.05, 4.69) is 10.1 Å². The Kier molecular flexibility index (Phi) is 8.94. The Balaban J connectivity index is 1.52. The summed E-state index contributed by atoms with van der Waals surface area (Å²) in [6, 6.07) is 11.9. The van der Waals surface area contributed by atoms with E-state index in [4.69, 9.17) is 43.4 Å². The van der Waals surface area contributed by atoms with Crippen molar-refractivity contribution in [3.05, 3.63) is 79.9 Å². The van der Waals surface area contributed by atoms with Gasteiger partial charge in [0.05, 0.1) is 15.7 Å². The lowest BCUT2D eigenvalue weighted by Gasteiger charge is -2.14. The molecule has 39 heavy (non-hydrogen) atoms. The van der Waals surface area contributed by atoms with Gasteiger partial charge >= 0.3 is 5.97 Å². The Hall–Kier alpha value is -3.40. The highest BCUT2D eigenvalue weighted by atomic mass is 35.5. The highest BCUT2D eigenvalue weighted by Crippen LogP contribution is 2.32. The molecule has 0 radical (unpaired) electrons. The number of para-hydroxylation sites is 1. The predicted octanol–water partition coefficient (Wildman–Crippen LogP) is 5.04. The highest BCUT2D eigenvalue weighted by Gasteiger charge is 2.22. The van der Waals surface area contributed by atoms with Gasteiger partial charge in [0.25, 0.3) is 5.56 Å². The third-order valence-electron chi connectivity index (χ3n) is 6.19. The van der Waals surface area contributed by atoms with Gasteiger partial charge in [0.2, 0.25) is 0 Å². The van der Waals surface area contributed by atoms with Crippen LogP contribution in [0.15, 0.2) is 47.3 Å². The molecular weight excluding hydrogens is 541 g/mol. The third kappa shape index (κ3) is 6.43. The second kappa shape index (κ2) is 12.2. The van der Waals surface area contributed by atoms with Crippen LogP contribution in [0.4, 0.5) is 0 Å². The normalized spacial score (nSPS) is 12.3. The fraction of sp³-hybridized carbons (Fsp3) is 0.357. The van der Waals surface area contributed by atoms with Gasteiger partial charge in [-0.05, 0) is 41.7 Å². The van der Waals surface area contributed by atoms with Crippen LogP contribution in [-0.4, -0.2) is 45.0 Å². The summed E-state index contributed by atoms with van der Waals surface area (Å²) in [5.41, 5.74) is 7.88. The monoisotopic (exact) mass is 571 g/mol. The molecule has 2 heterocycles. The van der Waals surface area contributed by atoms with Crippen LogP contribution >= 0.6 is 23.2 Å². The van der Waals surface area contributed by atoms with Crippen molar-refractivity contribution in [3.63, 3.8) is 0 Å². The number of hydrogen-bond acceptors (Lipinski definition) is 7. The van der Waals surface area contributed by atoms with E-state index < -0.39 is 12.0 Å². The fourth-order valence-electron chi connectivity index (χ4n) is 4.00. The number of nitrogens with two attached hydrogens (primary N) is 1. The molecule has 3 N–H and O–H groups in total. The summed E-state index contributed by atoms with van der Waals surface area (Å²) in [5, 5.41) is 5.89. The van der Waals surface area contributed by atoms with Crippen molar-refractivity contribution in [2.24, 2.45) is 11.7 Å². The molecule has 4 rings (SSSR count). The number of H-pyrrole nitrogens is 1.